The van der Waals surface area contributed by atoms with Gasteiger partial charge in [0.1, 0.15) is 0 Å². The maximum Gasteiger partial charge on any atom is 0.414 e. The zero-order chi connectivity index (χ0) is 15.2. The summed E-state index contributed by atoms with van der Waals surface area (Å²) in [5.41, 5.74) is 3.09. The Labute approximate surface area is 129 Å². The van der Waals surface area contributed by atoms with E-state index in [-0.39, 0.29) is 6.08 Å². The van der Waals surface area contributed by atoms with E-state index >= 15 is 0 Å². The molecule has 0 spiro atoms. The molecule has 3 aromatic rings. The summed E-state index contributed by atoms with van der Waals surface area (Å²) < 4.78 is 10.6. The number of nitrogens with zero attached hydrogens (tertiary/aromatic N) is 2. The van der Waals surface area contributed by atoms with Crippen molar-refractivity contribution >= 4 is 12.2 Å². The van der Waals surface area contributed by atoms with Gasteiger partial charge in [-0.1, -0.05) is 59.7 Å². The highest BCUT2D eigenvalue weighted by atomic mass is 16.6. The minimum atomic E-state index is 0.197. The topological polar surface area (TPSA) is 48.2 Å². The maximum atomic E-state index is 5.46. The van der Waals surface area contributed by atoms with Crippen LogP contribution >= 0.6 is 0 Å². The van der Waals surface area contributed by atoms with Crippen LogP contribution in [0.4, 0.5) is 0 Å². The van der Waals surface area contributed by atoms with Crippen LogP contribution in [0.25, 0.3) is 23.6 Å². The zero-order valence-electron chi connectivity index (χ0n) is 12.3. The minimum absolute atomic E-state index is 0.197. The van der Waals surface area contributed by atoms with Gasteiger partial charge in [0.05, 0.1) is 6.61 Å². The molecular weight excluding hydrogens is 276 g/mol. The van der Waals surface area contributed by atoms with E-state index < -0.39 is 0 Å². The predicted molar refractivity (Wildman–Crippen MR) is 86.3 cm³/mol. The van der Waals surface area contributed by atoms with Gasteiger partial charge in [-0.15, -0.1) is 5.10 Å². The summed E-state index contributed by atoms with van der Waals surface area (Å²) in [6.45, 7) is 2.38. The van der Waals surface area contributed by atoms with Crippen molar-refractivity contribution in [2.75, 3.05) is 6.61 Å². The van der Waals surface area contributed by atoms with Crippen molar-refractivity contribution in [3.8, 4) is 17.5 Å². The first-order valence-electron chi connectivity index (χ1n) is 7.15. The van der Waals surface area contributed by atoms with Crippen LogP contribution in [0, 0.1) is 0 Å². The standard InChI is InChI=1S/C18H16N2O2/c1-2-21-18-20-19-17(22-18)16-10-6-9-15(13-16)12-11-14-7-4-3-5-8-14/h3-13H,2H2,1H3/b12-11+. The van der Waals surface area contributed by atoms with E-state index in [0.717, 1.165) is 16.7 Å². The largest absolute Gasteiger partial charge is 0.449 e. The fourth-order valence-electron chi connectivity index (χ4n) is 2.04. The lowest BCUT2D eigenvalue weighted by atomic mass is 10.1. The number of hydrogen-bond donors (Lipinski definition) is 0. The molecule has 0 saturated carbocycles. The SMILES string of the molecule is CCOc1nnc(-c2cccc(/C=C/c3ccccc3)c2)o1. The maximum absolute atomic E-state index is 5.46. The molecule has 0 fully saturated rings. The van der Waals surface area contributed by atoms with Gasteiger partial charge in [0.25, 0.3) is 5.89 Å². The fraction of sp³-hybridized carbons (Fsp3) is 0.111. The van der Waals surface area contributed by atoms with E-state index in [9.17, 15) is 0 Å². The van der Waals surface area contributed by atoms with Gasteiger partial charge in [-0.3, -0.25) is 0 Å². The monoisotopic (exact) mass is 292 g/mol. The number of ether oxygens (including phenoxy) is 1. The predicted octanol–water partition coefficient (Wildman–Crippen LogP) is 4.31. The van der Waals surface area contributed by atoms with E-state index in [1.807, 2.05) is 49.4 Å². The Bertz CT molecular complexity index is 764. The van der Waals surface area contributed by atoms with Crippen LogP contribution in [0.5, 0.6) is 6.08 Å². The van der Waals surface area contributed by atoms with E-state index in [1.54, 1.807) is 0 Å². The van der Waals surface area contributed by atoms with Crippen molar-refractivity contribution in [3.05, 3.63) is 65.7 Å². The molecule has 0 bridgehead atoms. The molecule has 4 heteroatoms. The molecule has 0 aliphatic carbocycles. The third kappa shape index (κ3) is 3.41. The zero-order valence-corrected chi connectivity index (χ0v) is 12.3. The van der Waals surface area contributed by atoms with Crippen molar-refractivity contribution in [1.29, 1.82) is 0 Å². The summed E-state index contributed by atoms with van der Waals surface area (Å²) in [5, 5.41) is 7.85. The highest BCUT2D eigenvalue weighted by Gasteiger charge is 2.08. The van der Waals surface area contributed by atoms with Gasteiger partial charge >= 0.3 is 6.08 Å². The quantitative estimate of drug-likeness (QED) is 0.658. The molecule has 0 N–H and O–H groups in total. The second-order valence-electron chi connectivity index (χ2n) is 4.68. The van der Waals surface area contributed by atoms with Gasteiger partial charge in [0.2, 0.25) is 0 Å². The molecule has 1 aromatic heterocycles. The van der Waals surface area contributed by atoms with Crippen molar-refractivity contribution in [2.24, 2.45) is 0 Å². The molecule has 0 aliphatic rings. The molecular formula is C18H16N2O2. The summed E-state index contributed by atoms with van der Waals surface area (Å²) in [4.78, 5) is 0. The van der Waals surface area contributed by atoms with Crippen LogP contribution in [0.3, 0.4) is 0 Å². The molecule has 1 heterocycles. The van der Waals surface area contributed by atoms with Crippen molar-refractivity contribution in [2.45, 2.75) is 6.92 Å². The Morgan fingerprint density at radius 1 is 0.955 bits per heavy atom. The van der Waals surface area contributed by atoms with Crippen LogP contribution in [-0.4, -0.2) is 16.8 Å². The first kappa shape index (κ1) is 14.1. The molecule has 110 valence electrons. The first-order chi connectivity index (χ1) is 10.8. The summed E-state index contributed by atoms with van der Waals surface area (Å²) in [6, 6.07) is 18.1. The van der Waals surface area contributed by atoms with E-state index in [2.05, 4.69) is 34.5 Å². The molecule has 0 amide bonds. The van der Waals surface area contributed by atoms with E-state index in [4.69, 9.17) is 9.15 Å². The molecule has 0 radical (unpaired) electrons. The lowest BCUT2D eigenvalue weighted by molar-refractivity contribution is 0.247. The lowest BCUT2D eigenvalue weighted by Crippen LogP contribution is -1.90. The van der Waals surface area contributed by atoms with Crippen molar-refractivity contribution < 1.29 is 9.15 Å². The Balaban J connectivity index is 1.81. The third-order valence-corrected chi connectivity index (χ3v) is 3.08. The van der Waals surface area contributed by atoms with Crippen LogP contribution in [0.1, 0.15) is 18.1 Å². The first-order valence-corrected chi connectivity index (χ1v) is 7.15. The molecule has 3 rings (SSSR count). The van der Waals surface area contributed by atoms with E-state index in [0.29, 0.717) is 12.5 Å². The Morgan fingerprint density at radius 2 is 1.73 bits per heavy atom. The number of rotatable bonds is 5. The van der Waals surface area contributed by atoms with Gasteiger partial charge in [-0.25, -0.2) is 0 Å². The summed E-state index contributed by atoms with van der Waals surface area (Å²) in [6.07, 6.45) is 4.32. The normalized spacial score (nSPS) is 11.0. The van der Waals surface area contributed by atoms with Gasteiger partial charge in [-0.2, -0.15) is 0 Å². The molecule has 22 heavy (non-hydrogen) atoms. The molecule has 0 unspecified atom stereocenters. The van der Waals surface area contributed by atoms with Crippen LogP contribution in [-0.2, 0) is 0 Å². The highest BCUT2D eigenvalue weighted by Crippen LogP contribution is 2.22. The number of benzene rings is 2. The van der Waals surface area contributed by atoms with Crippen molar-refractivity contribution in [3.63, 3.8) is 0 Å². The Kier molecular flexibility index (Phi) is 4.30. The van der Waals surface area contributed by atoms with Crippen LogP contribution in [0.15, 0.2) is 59.0 Å². The summed E-state index contributed by atoms with van der Waals surface area (Å²) in [7, 11) is 0. The van der Waals surface area contributed by atoms with Crippen LogP contribution in [0.2, 0.25) is 0 Å². The smallest absolute Gasteiger partial charge is 0.414 e. The molecule has 2 aromatic carbocycles. The molecule has 4 nitrogen and oxygen atoms in total. The van der Waals surface area contributed by atoms with Crippen molar-refractivity contribution in [1.82, 2.24) is 10.2 Å². The third-order valence-electron chi connectivity index (χ3n) is 3.08. The van der Waals surface area contributed by atoms with Gasteiger partial charge in [0, 0.05) is 5.56 Å². The number of hydrogen-bond acceptors (Lipinski definition) is 4. The minimum Gasteiger partial charge on any atom is -0.449 e. The molecule has 0 saturated heterocycles. The fourth-order valence-corrected chi connectivity index (χ4v) is 2.04. The second-order valence-corrected chi connectivity index (χ2v) is 4.68. The summed E-state index contributed by atoms with van der Waals surface area (Å²) >= 11 is 0. The molecule has 0 atom stereocenters. The average Bonchev–Trinajstić information content (AvgIpc) is 3.03. The van der Waals surface area contributed by atoms with Gasteiger partial charge in [-0.05, 0) is 30.2 Å². The molecule has 0 aliphatic heterocycles. The van der Waals surface area contributed by atoms with E-state index in [1.165, 1.54) is 0 Å². The summed E-state index contributed by atoms with van der Waals surface area (Å²) in [5.74, 6) is 0.457. The van der Waals surface area contributed by atoms with Gasteiger partial charge < -0.3 is 9.15 Å². The highest BCUT2D eigenvalue weighted by molar-refractivity contribution is 5.71. The Morgan fingerprint density at radius 3 is 2.55 bits per heavy atom. The average molecular weight is 292 g/mol. The Hall–Kier alpha value is -2.88. The van der Waals surface area contributed by atoms with Crippen LogP contribution < -0.4 is 4.74 Å². The second kappa shape index (κ2) is 6.72. The lowest BCUT2D eigenvalue weighted by Gasteiger charge is -1.98. The van der Waals surface area contributed by atoms with Gasteiger partial charge in [0.15, 0.2) is 0 Å². The number of aromatic nitrogens is 2.